The van der Waals surface area contributed by atoms with Crippen molar-refractivity contribution in [2.45, 2.75) is 25.2 Å². The minimum atomic E-state index is -3.56. The Bertz CT molecular complexity index is 564. The van der Waals surface area contributed by atoms with Crippen LogP contribution in [0.1, 0.15) is 20.3 Å². The summed E-state index contributed by atoms with van der Waals surface area (Å²) in [5.74, 6) is 0.716. The molecule has 1 fully saturated rings. The molecule has 1 aromatic rings. The normalized spacial score (nSPS) is 25.5. The summed E-state index contributed by atoms with van der Waals surface area (Å²) in [4.78, 5) is 0.1000. The van der Waals surface area contributed by atoms with E-state index in [9.17, 15) is 8.42 Å². The lowest BCUT2D eigenvalue weighted by Gasteiger charge is -2.34. The molecule has 1 aliphatic rings. The van der Waals surface area contributed by atoms with Crippen molar-refractivity contribution in [3.63, 3.8) is 0 Å². The smallest absolute Gasteiger partial charge is 0.207 e. The number of hydrogen-bond donors (Lipinski definition) is 0. The number of sulfonamides is 1. The molecule has 0 unspecified atom stereocenters. The first kappa shape index (κ1) is 15.1. The van der Waals surface area contributed by atoms with E-state index in [1.165, 1.54) is 10.4 Å². The summed E-state index contributed by atoms with van der Waals surface area (Å²) in [6.07, 6.45) is 1.05. The van der Waals surface area contributed by atoms with Gasteiger partial charge in [0.2, 0.25) is 10.0 Å². The van der Waals surface area contributed by atoms with Gasteiger partial charge in [0.05, 0.1) is 10.0 Å². The van der Waals surface area contributed by atoms with Gasteiger partial charge in [-0.05, 0) is 30.4 Å². The summed E-state index contributed by atoms with van der Waals surface area (Å²) in [5.41, 5.74) is 0. The highest BCUT2D eigenvalue weighted by Crippen LogP contribution is 2.33. The van der Waals surface area contributed by atoms with Crippen LogP contribution >= 0.6 is 23.2 Å². The quantitative estimate of drug-likeness (QED) is 0.833. The lowest BCUT2D eigenvalue weighted by atomic mass is 9.94. The Kier molecular flexibility index (Phi) is 4.45. The molecule has 0 saturated carbocycles. The second kappa shape index (κ2) is 5.60. The molecule has 6 heteroatoms. The Morgan fingerprint density at radius 3 is 2.32 bits per heavy atom. The van der Waals surface area contributed by atoms with E-state index >= 15 is 0 Å². The first-order chi connectivity index (χ1) is 8.82. The summed E-state index contributed by atoms with van der Waals surface area (Å²) < 4.78 is 26.8. The third kappa shape index (κ3) is 3.07. The van der Waals surface area contributed by atoms with Crippen LogP contribution < -0.4 is 0 Å². The number of nitrogens with zero attached hydrogens (tertiary/aromatic N) is 1. The molecule has 0 amide bonds. The number of benzene rings is 1. The molecule has 3 nitrogen and oxygen atoms in total. The van der Waals surface area contributed by atoms with Crippen LogP contribution in [0.2, 0.25) is 10.0 Å². The van der Waals surface area contributed by atoms with Crippen molar-refractivity contribution in [2.24, 2.45) is 11.8 Å². The predicted molar refractivity (Wildman–Crippen MR) is 78.2 cm³/mol. The van der Waals surface area contributed by atoms with Crippen LogP contribution in [0.25, 0.3) is 0 Å². The van der Waals surface area contributed by atoms with Crippen LogP contribution in [-0.4, -0.2) is 25.8 Å². The van der Waals surface area contributed by atoms with Crippen LogP contribution in [0.4, 0.5) is 0 Å². The summed E-state index contributed by atoms with van der Waals surface area (Å²) >= 11 is 11.9. The molecular formula is C13H17Cl2NO2S. The molecule has 0 spiro atoms. The lowest BCUT2D eigenvalue weighted by Crippen LogP contribution is -2.42. The number of rotatable bonds is 2. The Morgan fingerprint density at radius 2 is 1.74 bits per heavy atom. The Morgan fingerprint density at radius 1 is 1.16 bits per heavy atom. The predicted octanol–water partition coefficient (Wildman–Crippen LogP) is 3.66. The van der Waals surface area contributed by atoms with Crippen molar-refractivity contribution >= 4 is 33.2 Å². The van der Waals surface area contributed by atoms with Crippen LogP contribution in [0.5, 0.6) is 0 Å². The van der Waals surface area contributed by atoms with Crippen molar-refractivity contribution < 1.29 is 8.42 Å². The van der Waals surface area contributed by atoms with Crippen molar-refractivity contribution in [1.82, 2.24) is 4.31 Å². The molecule has 0 radical (unpaired) electrons. The van der Waals surface area contributed by atoms with Gasteiger partial charge in [0.15, 0.2) is 0 Å². The molecule has 1 saturated heterocycles. The number of halogens is 2. The third-order valence-corrected chi connectivity index (χ3v) is 6.17. The first-order valence-electron chi connectivity index (χ1n) is 6.26. The van der Waals surface area contributed by atoms with Gasteiger partial charge in [-0.15, -0.1) is 0 Å². The van der Waals surface area contributed by atoms with E-state index in [-0.39, 0.29) is 14.9 Å². The molecule has 0 aliphatic carbocycles. The average Bonchev–Trinajstić information content (AvgIpc) is 2.31. The van der Waals surface area contributed by atoms with Crippen LogP contribution in [-0.2, 0) is 10.0 Å². The fourth-order valence-electron chi connectivity index (χ4n) is 2.62. The van der Waals surface area contributed by atoms with E-state index in [4.69, 9.17) is 23.2 Å². The molecule has 2 rings (SSSR count). The van der Waals surface area contributed by atoms with Crippen molar-refractivity contribution in [1.29, 1.82) is 0 Å². The van der Waals surface area contributed by atoms with Gasteiger partial charge in [-0.2, -0.15) is 4.31 Å². The maximum Gasteiger partial charge on any atom is 0.244 e. The van der Waals surface area contributed by atoms with Crippen LogP contribution in [0.15, 0.2) is 23.1 Å². The summed E-state index contributed by atoms with van der Waals surface area (Å²) in [7, 11) is -3.56. The zero-order valence-corrected chi connectivity index (χ0v) is 13.3. The van der Waals surface area contributed by atoms with Gasteiger partial charge in [0, 0.05) is 13.1 Å². The minimum Gasteiger partial charge on any atom is -0.207 e. The molecule has 1 aliphatic heterocycles. The highest BCUT2D eigenvalue weighted by atomic mass is 35.5. The van der Waals surface area contributed by atoms with Gasteiger partial charge in [-0.25, -0.2) is 8.42 Å². The fraction of sp³-hybridized carbons (Fsp3) is 0.538. The molecule has 106 valence electrons. The topological polar surface area (TPSA) is 37.4 Å². The Balaban J connectivity index is 2.39. The van der Waals surface area contributed by atoms with Gasteiger partial charge in [-0.3, -0.25) is 0 Å². The molecule has 0 aromatic heterocycles. The molecule has 0 N–H and O–H groups in total. The fourth-order valence-corrected chi connectivity index (χ4v) is 5.04. The molecule has 1 heterocycles. The zero-order chi connectivity index (χ0) is 14.2. The summed E-state index contributed by atoms with van der Waals surface area (Å²) in [6, 6.07) is 4.70. The van der Waals surface area contributed by atoms with Crippen molar-refractivity contribution in [3.05, 3.63) is 28.2 Å². The zero-order valence-electron chi connectivity index (χ0n) is 10.9. The average molecular weight is 322 g/mol. The summed E-state index contributed by atoms with van der Waals surface area (Å²) in [5, 5.41) is 0.371. The molecule has 0 bridgehead atoms. The highest BCUT2D eigenvalue weighted by molar-refractivity contribution is 7.89. The Hall–Kier alpha value is -0.290. The second-order valence-electron chi connectivity index (χ2n) is 5.32. The third-order valence-electron chi connectivity index (χ3n) is 3.37. The maximum absolute atomic E-state index is 12.6. The van der Waals surface area contributed by atoms with E-state index in [0.717, 1.165) is 6.42 Å². The van der Waals surface area contributed by atoms with E-state index in [2.05, 4.69) is 13.8 Å². The molecule has 19 heavy (non-hydrogen) atoms. The first-order valence-corrected chi connectivity index (χ1v) is 8.46. The minimum absolute atomic E-state index is 0.1000. The molecular weight excluding hydrogens is 305 g/mol. The SMILES string of the molecule is C[C@@H]1C[C@H](C)CN(S(=O)(=O)c2cccc(Cl)c2Cl)C1. The maximum atomic E-state index is 12.6. The van der Waals surface area contributed by atoms with Gasteiger partial charge < -0.3 is 0 Å². The standard InChI is InChI=1S/C13H17Cl2NO2S/c1-9-6-10(2)8-16(7-9)19(17,18)12-5-3-4-11(14)13(12)15/h3-5,9-10H,6-8H2,1-2H3/t9-,10+. The van der Waals surface area contributed by atoms with Gasteiger partial charge >= 0.3 is 0 Å². The largest absolute Gasteiger partial charge is 0.244 e. The Labute approximate surface area is 124 Å². The van der Waals surface area contributed by atoms with Gasteiger partial charge in [-0.1, -0.05) is 43.1 Å². The van der Waals surface area contributed by atoms with E-state index in [1.54, 1.807) is 12.1 Å². The molecule has 1 aromatic carbocycles. The van der Waals surface area contributed by atoms with E-state index < -0.39 is 10.0 Å². The second-order valence-corrected chi connectivity index (χ2v) is 8.01. The highest BCUT2D eigenvalue weighted by Gasteiger charge is 2.33. The van der Waals surface area contributed by atoms with Crippen molar-refractivity contribution in [2.75, 3.05) is 13.1 Å². The van der Waals surface area contributed by atoms with E-state index in [1.807, 2.05) is 0 Å². The summed E-state index contributed by atoms with van der Waals surface area (Å²) in [6.45, 7) is 5.21. The number of piperidine rings is 1. The molecule has 2 atom stereocenters. The van der Waals surface area contributed by atoms with Crippen molar-refractivity contribution in [3.8, 4) is 0 Å². The lowest BCUT2D eigenvalue weighted by molar-refractivity contribution is 0.222. The van der Waals surface area contributed by atoms with Crippen LogP contribution in [0.3, 0.4) is 0 Å². The van der Waals surface area contributed by atoms with Gasteiger partial charge in [0.25, 0.3) is 0 Å². The number of hydrogen-bond acceptors (Lipinski definition) is 2. The van der Waals surface area contributed by atoms with Crippen LogP contribution in [0, 0.1) is 11.8 Å². The van der Waals surface area contributed by atoms with Gasteiger partial charge in [0.1, 0.15) is 4.90 Å². The monoisotopic (exact) mass is 321 g/mol. The van der Waals surface area contributed by atoms with E-state index in [0.29, 0.717) is 24.9 Å².